The highest BCUT2D eigenvalue weighted by molar-refractivity contribution is 7.14. The third-order valence-corrected chi connectivity index (χ3v) is 6.52. The molecule has 2 fully saturated rings. The van der Waals surface area contributed by atoms with Gasteiger partial charge in [-0.05, 0) is 24.1 Å². The summed E-state index contributed by atoms with van der Waals surface area (Å²) in [5.41, 5.74) is 1.38. The molecule has 2 saturated heterocycles. The monoisotopic (exact) mass is 380 g/mol. The van der Waals surface area contributed by atoms with Crippen LogP contribution in [0.25, 0.3) is 0 Å². The summed E-state index contributed by atoms with van der Waals surface area (Å²) < 4.78 is 0. The summed E-state index contributed by atoms with van der Waals surface area (Å²) >= 11 is 1.29. The van der Waals surface area contributed by atoms with Crippen molar-refractivity contribution in [3.05, 3.63) is 57.8 Å². The van der Waals surface area contributed by atoms with E-state index >= 15 is 0 Å². The van der Waals surface area contributed by atoms with Crippen molar-refractivity contribution in [3.63, 3.8) is 0 Å². The molecule has 2 aliphatic heterocycles. The van der Waals surface area contributed by atoms with E-state index in [9.17, 15) is 4.79 Å². The van der Waals surface area contributed by atoms with Crippen molar-refractivity contribution in [3.8, 4) is 6.07 Å². The molecule has 27 heavy (non-hydrogen) atoms. The van der Waals surface area contributed by atoms with Crippen LogP contribution in [0.5, 0.6) is 0 Å². The first-order valence-electron chi connectivity index (χ1n) is 9.52. The van der Waals surface area contributed by atoms with Gasteiger partial charge in [0.25, 0.3) is 5.91 Å². The first-order valence-corrected chi connectivity index (χ1v) is 10.3. The quantitative estimate of drug-likeness (QED) is 0.818. The van der Waals surface area contributed by atoms with Crippen LogP contribution in [-0.2, 0) is 6.54 Å². The maximum atomic E-state index is 12.6. The lowest BCUT2D eigenvalue weighted by Gasteiger charge is -2.38. The topological polar surface area (TPSA) is 50.6 Å². The van der Waals surface area contributed by atoms with Crippen LogP contribution in [-0.4, -0.2) is 65.9 Å². The summed E-state index contributed by atoms with van der Waals surface area (Å²) in [5.74, 6) is 0.0678. The molecule has 0 radical (unpaired) electrons. The summed E-state index contributed by atoms with van der Waals surface area (Å²) in [5, 5.41) is 8.94. The van der Waals surface area contributed by atoms with Crippen LogP contribution in [0, 0.1) is 11.3 Å². The number of nitriles is 1. The number of piperazine rings is 1. The molecule has 2 aromatic rings. The van der Waals surface area contributed by atoms with E-state index in [2.05, 4.69) is 46.2 Å². The van der Waals surface area contributed by atoms with Crippen LogP contribution >= 0.6 is 11.3 Å². The third-order valence-electron chi connectivity index (χ3n) is 5.54. The Balaban J connectivity index is 1.27. The lowest BCUT2D eigenvalue weighted by molar-refractivity contribution is 0.0578. The Labute approximate surface area is 164 Å². The van der Waals surface area contributed by atoms with Gasteiger partial charge < -0.3 is 4.90 Å². The Hall–Kier alpha value is -2.20. The van der Waals surface area contributed by atoms with Crippen molar-refractivity contribution >= 4 is 17.2 Å². The molecule has 1 unspecified atom stereocenters. The molecule has 0 N–H and O–H groups in total. The molecule has 0 spiro atoms. The molecule has 0 bridgehead atoms. The van der Waals surface area contributed by atoms with Gasteiger partial charge in [0.1, 0.15) is 10.9 Å². The average molecular weight is 381 g/mol. The number of hydrogen-bond acceptors (Lipinski definition) is 5. The lowest BCUT2D eigenvalue weighted by atomic mass is 10.2. The zero-order valence-corrected chi connectivity index (χ0v) is 16.2. The number of rotatable bonds is 4. The number of hydrogen-bond donors (Lipinski definition) is 0. The Morgan fingerprint density at radius 1 is 1.07 bits per heavy atom. The minimum absolute atomic E-state index is 0.0678. The van der Waals surface area contributed by atoms with E-state index in [0.717, 1.165) is 45.8 Å². The number of thiophene rings is 1. The Bertz CT molecular complexity index is 820. The van der Waals surface area contributed by atoms with Gasteiger partial charge in [-0.25, -0.2) is 0 Å². The average Bonchev–Trinajstić information content (AvgIpc) is 3.38. The number of likely N-dealkylation sites (tertiary alicyclic amines) is 1. The molecule has 1 amide bonds. The number of carbonyl (C=O) groups excluding carboxylic acids is 1. The Morgan fingerprint density at radius 2 is 1.85 bits per heavy atom. The minimum atomic E-state index is 0.0678. The molecular weight excluding hydrogens is 356 g/mol. The fraction of sp³-hybridized carbons (Fsp3) is 0.429. The van der Waals surface area contributed by atoms with E-state index < -0.39 is 0 Å². The molecule has 140 valence electrons. The fourth-order valence-corrected chi connectivity index (χ4v) is 4.83. The number of amides is 1. The smallest absolute Gasteiger partial charge is 0.264 e. The molecule has 1 atom stereocenters. The standard InChI is InChI=1S/C21H24N4OS/c22-14-19-6-7-20(27-19)21(26)25-12-10-24(11-13-25)18-8-9-23(16-18)15-17-4-2-1-3-5-17/h1-7,18H,8-13,15-16H2. The van der Waals surface area contributed by atoms with Crippen LogP contribution in [0.4, 0.5) is 0 Å². The molecule has 3 heterocycles. The van der Waals surface area contributed by atoms with Crippen LogP contribution in [0.3, 0.4) is 0 Å². The molecule has 5 nitrogen and oxygen atoms in total. The zero-order valence-electron chi connectivity index (χ0n) is 15.4. The normalized spacial score (nSPS) is 21.3. The predicted octanol–water partition coefficient (Wildman–Crippen LogP) is 2.65. The first kappa shape index (κ1) is 18.2. The lowest BCUT2D eigenvalue weighted by Crippen LogP contribution is -2.52. The van der Waals surface area contributed by atoms with Gasteiger partial charge in [-0.1, -0.05) is 30.3 Å². The summed E-state index contributed by atoms with van der Waals surface area (Å²) in [7, 11) is 0. The van der Waals surface area contributed by atoms with Crippen molar-refractivity contribution in [1.82, 2.24) is 14.7 Å². The SMILES string of the molecule is N#Cc1ccc(C(=O)N2CCN(C3CCN(Cc4ccccc4)C3)CC2)s1. The van der Waals surface area contributed by atoms with Crippen LogP contribution in [0.15, 0.2) is 42.5 Å². The highest BCUT2D eigenvalue weighted by Crippen LogP contribution is 2.22. The van der Waals surface area contributed by atoms with Gasteiger partial charge >= 0.3 is 0 Å². The van der Waals surface area contributed by atoms with Crippen molar-refractivity contribution in [2.75, 3.05) is 39.3 Å². The van der Waals surface area contributed by atoms with E-state index in [1.807, 2.05) is 4.90 Å². The number of benzene rings is 1. The van der Waals surface area contributed by atoms with Crippen molar-refractivity contribution in [2.24, 2.45) is 0 Å². The van der Waals surface area contributed by atoms with Crippen LogP contribution in [0.1, 0.15) is 26.5 Å². The number of carbonyl (C=O) groups is 1. The second kappa shape index (κ2) is 8.22. The maximum Gasteiger partial charge on any atom is 0.264 e. The summed E-state index contributed by atoms with van der Waals surface area (Å²) in [4.78, 5) is 20.9. The van der Waals surface area contributed by atoms with Gasteiger partial charge in [-0.3, -0.25) is 14.6 Å². The van der Waals surface area contributed by atoms with Gasteiger partial charge in [0.15, 0.2) is 0 Å². The minimum Gasteiger partial charge on any atom is -0.335 e. The Morgan fingerprint density at radius 3 is 2.56 bits per heavy atom. The zero-order chi connectivity index (χ0) is 18.6. The van der Waals surface area contributed by atoms with Gasteiger partial charge in [-0.2, -0.15) is 5.26 Å². The van der Waals surface area contributed by atoms with E-state index in [4.69, 9.17) is 5.26 Å². The fourth-order valence-electron chi connectivity index (χ4n) is 4.05. The van der Waals surface area contributed by atoms with Crippen molar-refractivity contribution in [1.29, 1.82) is 5.26 Å². The molecule has 2 aliphatic rings. The molecular formula is C21H24N4OS. The highest BCUT2D eigenvalue weighted by atomic mass is 32.1. The molecule has 0 saturated carbocycles. The second-order valence-corrected chi connectivity index (χ2v) is 8.35. The largest absolute Gasteiger partial charge is 0.335 e. The third kappa shape index (κ3) is 4.22. The van der Waals surface area contributed by atoms with Crippen LogP contribution in [0.2, 0.25) is 0 Å². The molecule has 6 heteroatoms. The summed E-state index contributed by atoms with van der Waals surface area (Å²) in [6.07, 6.45) is 1.21. The van der Waals surface area contributed by atoms with Gasteiger partial charge in [0, 0.05) is 51.9 Å². The molecule has 1 aromatic carbocycles. The van der Waals surface area contributed by atoms with E-state index in [1.165, 1.54) is 23.3 Å². The van der Waals surface area contributed by atoms with E-state index in [1.54, 1.807) is 12.1 Å². The van der Waals surface area contributed by atoms with E-state index in [0.29, 0.717) is 15.8 Å². The van der Waals surface area contributed by atoms with Gasteiger partial charge in [-0.15, -0.1) is 11.3 Å². The summed E-state index contributed by atoms with van der Waals surface area (Å²) in [6, 6.07) is 16.9. The van der Waals surface area contributed by atoms with Gasteiger partial charge in [0.05, 0.1) is 4.88 Å². The van der Waals surface area contributed by atoms with Gasteiger partial charge in [0.2, 0.25) is 0 Å². The maximum absolute atomic E-state index is 12.6. The van der Waals surface area contributed by atoms with Crippen molar-refractivity contribution in [2.45, 2.75) is 19.0 Å². The summed E-state index contributed by atoms with van der Waals surface area (Å²) in [6.45, 7) is 6.69. The van der Waals surface area contributed by atoms with E-state index in [-0.39, 0.29) is 5.91 Å². The van der Waals surface area contributed by atoms with Crippen LogP contribution < -0.4 is 0 Å². The van der Waals surface area contributed by atoms with Crippen molar-refractivity contribution < 1.29 is 4.79 Å². The molecule has 4 rings (SSSR count). The Kier molecular flexibility index (Phi) is 5.53. The predicted molar refractivity (Wildman–Crippen MR) is 107 cm³/mol. The first-order chi connectivity index (χ1) is 13.2. The number of nitrogens with zero attached hydrogens (tertiary/aromatic N) is 4. The second-order valence-electron chi connectivity index (χ2n) is 7.27. The molecule has 1 aromatic heterocycles. The highest BCUT2D eigenvalue weighted by Gasteiger charge is 2.31. The molecule has 0 aliphatic carbocycles.